The molecule has 3 aromatic rings. The van der Waals surface area contributed by atoms with Gasteiger partial charge in [-0.25, -0.2) is 4.98 Å². The SMILES string of the molecule is FC(F)Sc1ccc(-c2cn3ccsc3n2)cc1. The molecule has 0 unspecified atom stereocenters. The molecule has 0 saturated heterocycles. The highest BCUT2D eigenvalue weighted by molar-refractivity contribution is 7.99. The Hall–Kier alpha value is -1.40. The molecule has 0 radical (unpaired) electrons. The number of alkyl halides is 2. The summed E-state index contributed by atoms with van der Waals surface area (Å²) >= 11 is 2.12. The summed E-state index contributed by atoms with van der Waals surface area (Å²) in [5.41, 5.74) is 1.79. The molecule has 3 rings (SSSR count). The summed E-state index contributed by atoms with van der Waals surface area (Å²) in [5.74, 6) is -2.38. The number of rotatable bonds is 3. The number of aromatic nitrogens is 2. The van der Waals surface area contributed by atoms with E-state index >= 15 is 0 Å². The van der Waals surface area contributed by atoms with Crippen LogP contribution in [0.15, 0.2) is 46.9 Å². The van der Waals surface area contributed by atoms with Crippen molar-refractivity contribution in [3.05, 3.63) is 42.0 Å². The molecule has 0 N–H and O–H groups in total. The Morgan fingerprint density at radius 1 is 1.22 bits per heavy atom. The van der Waals surface area contributed by atoms with Gasteiger partial charge in [-0.1, -0.05) is 23.9 Å². The summed E-state index contributed by atoms with van der Waals surface area (Å²) in [6.07, 6.45) is 3.87. The lowest BCUT2D eigenvalue weighted by Gasteiger charge is -2.01. The number of imidazole rings is 1. The summed E-state index contributed by atoms with van der Waals surface area (Å²) in [4.78, 5) is 5.95. The maximum Gasteiger partial charge on any atom is 0.288 e. The Labute approximate surface area is 110 Å². The van der Waals surface area contributed by atoms with Gasteiger partial charge < -0.3 is 0 Å². The summed E-state index contributed by atoms with van der Waals surface area (Å²) < 4.78 is 26.3. The second-order valence-corrected chi connectivity index (χ2v) is 5.56. The molecule has 2 aromatic heterocycles. The first-order chi connectivity index (χ1) is 8.72. The predicted molar refractivity (Wildman–Crippen MR) is 70.4 cm³/mol. The van der Waals surface area contributed by atoms with Crippen LogP contribution in [0.4, 0.5) is 8.78 Å². The van der Waals surface area contributed by atoms with E-state index in [9.17, 15) is 8.78 Å². The normalized spacial score (nSPS) is 11.5. The molecule has 0 atom stereocenters. The Morgan fingerprint density at radius 3 is 2.67 bits per heavy atom. The number of benzene rings is 1. The third kappa shape index (κ3) is 2.26. The van der Waals surface area contributed by atoms with Crippen LogP contribution >= 0.6 is 23.1 Å². The van der Waals surface area contributed by atoms with Gasteiger partial charge in [0, 0.05) is 28.2 Å². The quantitative estimate of drug-likeness (QED) is 0.663. The van der Waals surface area contributed by atoms with E-state index in [1.54, 1.807) is 23.5 Å². The van der Waals surface area contributed by atoms with Gasteiger partial charge in [-0.05, 0) is 12.1 Å². The maximum absolute atomic E-state index is 12.2. The van der Waals surface area contributed by atoms with Crippen molar-refractivity contribution in [2.45, 2.75) is 10.7 Å². The van der Waals surface area contributed by atoms with Gasteiger partial charge in [0.2, 0.25) is 0 Å². The number of thioether (sulfide) groups is 1. The number of hydrogen-bond donors (Lipinski definition) is 0. The molecule has 18 heavy (non-hydrogen) atoms. The second-order valence-electron chi connectivity index (χ2n) is 3.62. The molecule has 0 saturated carbocycles. The van der Waals surface area contributed by atoms with Gasteiger partial charge in [-0.2, -0.15) is 8.78 Å². The Kier molecular flexibility index (Phi) is 3.05. The summed E-state index contributed by atoms with van der Waals surface area (Å²) in [7, 11) is 0. The smallest absolute Gasteiger partial charge is 0.288 e. The van der Waals surface area contributed by atoms with Crippen molar-refractivity contribution in [3.63, 3.8) is 0 Å². The van der Waals surface area contributed by atoms with E-state index in [2.05, 4.69) is 4.98 Å². The van der Waals surface area contributed by atoms with Gasteiger partial charge in [0.1, 0.15) is 0 Å². The third-order valence-electron chi connectivity index (χ3n) is 2.47. The van der Waals surface area contributed by atoms with E-state index in [1.807, 2.05) is 34.3 Å². The molecule has 0 fully saturated rings. The fourth-order valence-electron chi connectivity index (χ4n) is 1.67. The topological polar surface area (TPSA) is 17.3 Å². The Morgan fingerprint density at radius 2 is 2.00 bits per heavy atom. The summed E-state index contributed by atoms with van der Waals surface area (Å²) in [6, 6.07) is 7.02. The van der Waals surface area contributed by atoms with Crippen molar-refractivity contribution in [2.75, 3.05) is 0 Å². The van der Waals surface area contributed by atoms with Crippen molar-refractivity contribution < 1.29 is 8.78 Å². The number of fused-ring (bicyclic) bond motifs is 1. The van der Waals surface area contributed by atoms with Crippen LogP contribution in [0, 0.1) is 0 Å². The van der Waals surface area contributed by atoms with Crippen LogP contribution < -0.4 is 0 Å². The molecule has 6 heteroatoms. The highest BCUT2D eigenvalue weighted by atomic mass is 32.2. The van der Waals surface area contributed by atoms with Crippen LogP contribution in [0.1, 0.15) is 0 Å². The van der Waals surface area contributed by atoms with E-state index in [-0.39, 0.29) is 0 Å². The molecule has 92 valence electrons. The van der Waals surface area contributed by atoms with Gasteiger partial charge in [0.15, 0.2) is 4.96 Å². The summed E-state index contributed by atoms with van der Waals surface area (Å²) in [5, 5.41) is 1.97. The lowest BCUT2D eigenvalue weighted by atomic mass is 10.2. The molecule has 0 amide bonds. The second kappa shape index (κ2) is 4.70. The highest BCUT2D eigenvalue weighted by Crippen LogP contribution is 2.28. The molecule has 2 nitrogen and oxygen atoms in total. The fourth-order valence-corrected chi connectivity index (χ4v) is 2.87. The first kappa shape index (κ1) is 11.7. The van der Waals surface area contributed by atoms with Crippen molar-refractivity contribution in [3.8, 4) is 11.3 Å². The van der Waals surface area contributed by atoms with Crippen molar-refractivity contribution in [1.29, 1.82) is 0 Å². The predicted octanol–water partition coefficient (Wildman–Crippen LogP) is 4.38. The van der Waals surface area contributed by atoms with Crippen LogP contribution in [0.3, 0.4) is 0 Å². The van der Waals surface area contributed by atoms with Crippen LogP contribution in [0.5, 0.6) is 0 Å². The molecule has 0 aliphatic carbocycles. The minimum absolute atomic E-state index is 0.552. The molecular weight excluding hydrogens is 274 g/mol. The molecule has 0 bridgehead atoms. The zero-order valence-corrected chi connectivity index (χ0v) is 10.7. The van der Waals surface area contributed by atoms with E-state index in [4.69, 9.17) is 0 Å². The van der Waals surface area contributed by atoms with Gasteiger partial charge in [0.25, 0.3) is 5.76 Å². The minimum Gasteiger partial charge on any atom is -0.297 e. The van der Waals surface area contributed by atoms with Gasteiger partial charge in [-0.3, -0.25) is 4.40 Å². The van der Waals surface area contributed by atoms with E-state index in [1.165, 1.54) is 0 Å². The molecule has 0 aliphatic rings. The zero-order valence-electron chi connectivity index (χ0n) is 9.09. The lowest BCUT2D eigenvalue weighted by Crippen LogP contribution is -1.82. The minimum atomic E-state index is -2.38. The number of thiazole rings is 1. The van der Waals surface area contributed by atoms with Gasteiger partial charge in [-0.15, -0.1) is 11.3 Å². The lowest BCUT2D eigenvalue weighted by molar-refractivity contribution is 0.252. The van der Waals surface area contributed by atoms with Crippen LogP contribution in [-0.2, 0) is 0 Å². The average molecular weight is 282 g/mol. The van der Waals surface area contributed by atoms with Gasteiger partial charge >= 0.3 is 0 Å². The summed E-state index contributed by atoms with van der Waals surface area (Å²) in [6.45, 7) is 0. The van der Waals surface area contributed by atoms with Crippen LogP contribution in [0.25, 0.3) is 16.2 Å². The molecule has 0 spiro atoms. The van der Waals surface area contributed by atoms with Crippen LogP contribution in [0.2, 0.25) is 0 Å². The maximum atomic E-state index is 12.2. The van der Waals surface area contributed by atoms with E-state index < -0.39 is 5.76 Å². The average Bonchev–Trinajstić information content (AvgIpc) is 2.89. The molecule has 1 aromatic carbocycles. The van der Waals surface area contributed by atoms with Crippen molar-refractivity contribution >= 4 is 28.1 Å². The third-order valence-corrected chi connectivity index (χ3v) is 3.96. The number of hydrogen-bond acceptors (Lipinski definition) is 3. The Balaban J connectivity index is 1.90. The Bertz CT molecular complexity index is 630. The van der Waals surface area contributed by atoms with Gasteiger partial charge in [0.05, 0.1) is 5.69 Å². The number of halogens is 2. The largest absolute Gasteiger partial charge is 0.297 e. The molecule has 2 heterocycles. The number of nitrogens with zero attached hydrogens (tertiary/aromatic N) is 2. The molecule has 0 aliphatic heterocycles. The van der Waals surface area contributed by atoms with E-state index in [0.717, 1.165) is 16.2 Å². The van der Waals surface area contributed by atoms with Crippen molar-refractivity contribution in [1.82, 2.24) is 9.38 Å². The zero-order chi connectivity index (χ0) is 12.5. The van der Waals surface area contributed by atoms with Crippen LogP contribution in [-0.4, -0.2) is 15.1 Å². The van der Waals surface area contributed by atoms with E-state index in [0.29, 0.717) is 16.7 Å². The fraction of sp³-hybridized carbons (Fsp3) is 0.0833. The monoisotopic (exact) mass is 282 g/mol. The van der Waals surface area contributed by atoms with Crippen molar-refractivity contribution in [2.24, 2.45) is 0 Å². The first-order valence-corrected chi connectivity index (χ1v) is 6.96. The highest BCUT2D eigenvalue weighted by Gasteiger charge is 2.07. The molecular formula is C12H8F2N2S2. The standard InChI is InChI=1S/C12H8F2N2S2/c13-11(14)18-9-3-1-8(2-4-9)10-7-16-5-6-17-12(16)15-10/h1-7,11H. The first-order valence-electron chi connectivity index (χ1n) is 5.20.